The van der Waals surface area contributed by atoms with Crippen LogP contribution in [0.4, 0.5) is 0 Å². The van der Waals surface area contributed by atoms with Gasteiger partial charge in [-0.05, 0) is 19.3 Å². The minimum absolute atomic E-state index is 0.0358. The summed E-state index contributed by atoms with van der Waals surface area (Å²) in [7, 11) is 0. The van der Waals surface area contributed by atoms with Crippen LogP contribution in [0.1, 0.15) is 19.3 Å². The molecule has 0 saturated heterocycles. The molecule has 3 heteroatoms. The summed E-state index contributed by atoms with van der Waals surface area (Å²) in [6, 6.07) is 0.347. The smallest absolute Gasteiger partial charge is 0.229 e. The van der Waals surface area contributed by atoms with Crippen molar-refractivity contribution >= 4 is 18.5 Å². The Bertz CT molecular complexity index is 167. The van der Waals surface area contributed by atoms with Gasteiger partial charge in [-0.15, -0.1) is 0 Å². The molecule has 0 bridgehead atoms. The van der Waals surface area contributed by atoms with Crippen LogP contribution in [0.3, 0.4) is 0 Å². The molecular weight excluding hydrogens is 158 g/mol. The molecule has 0 saturated carbocycles. The SMILES string of the molecule is O=C(CS)NC1CC=CCC1. The van der Waals surface area contributed by atoms with Crippen LogP contribution in [0.25, 0.3) is 0 Å². The summed E-state index contributed by atoms with van der Waals surface area (Å²) in [5.41, 5.74) is 0. The van der Waals surface area contributed by atoms with Gasteiger partial charge in [-0.3, -0.25) is 4.79 Å². The van der Waals surface area contributed by atoms with E-state index in [-0.39, 0.29) is 5.91 Å². The van der Waals surface area contributed by atoms with Gasteiger partial charge in [0.2, 0.25) is 5.91 Å². The molecule has 0 aromatic rings. The number of thiol groups is 1. The second-order valence-electron chi connectivity index (χ2n) is 2.71. The standard InChI is InChI=1S/C8H13NOS/c10-8(6-11)9-7-4-2-1-3-5-7/h1-2,7,11H,3-6H2,(H,9,10). The molecule has 0 fully saturated rings. The number of rotatable bonds is 2. The lowest BCUT2D eigenvalue weighted by Crippen LogP contribution is -2.35. The number of nitrogens with one attached hydrogen (secondary N) is 1. The third kappa shape index (κ3) is 2.97. The zero-order valence-electron chi connectivity index (χ0n) is 6.42. The average molecular weight is 171 g/mol. The molecular formula is C8H13NOS. The lowest BCUT2D eigenvalue weighted by molar-refractivity contribution is -0.119. The van der Waals surface area contributed by atoms with E-state index in [1.54, 1.807) is 0 Å². The van der Waals surface area contributed by atoms with Crippen LogP contribution in [0.2, 0.25) is 0 Å². The van der Waals surface area contributed by atoms with Crippen LogP contribution in [-0.4, -0.2) is 17.7 Å². The van der Waals surface area contributed by atoms with Gasteiger partial charge >= 0.3 is 0 Å². The molecule has 1 atom stereocenters. The quantitative estimate of drug-likeness (QED) is 0.473. The first-order valence-corrected chi connectivity index (χ1v) is 4.51. The van der Waals surface area contributed by atoms with Crippen molar-refractivity contribution in [2.24, 2.45) is 0 Å². The second-order valence-corrected chi connectivity index (χ2v) is 3.02. The third-order valence-corrected chi connectivity index (χ3v) is 2.06. The number of hydrogen-bond donors (Lipinski definition) is 2. The lowest BCUT2D eigenvalue weighted by Gasteiger charge is -2.18. The molecule has 1 amide bonds. The van der Waals surface area contributed by atoms with Gasteiger partial charge < -0.3 is 5.32 Å². The van der Waals surface area contributed by atoms with E-state index in [2.05, 4.69) is 30.1 Å². The normalized spacial score (nSPS) is 23.2. The molecule has 0 aromatic heterocycles. The van der Waals surface area contributed by atoms with Crippen molar-refractivity contribution in [1.82, 2.24) is 5.32 Å². The van der Waals surface area contributed by atoms with Gasteiger partial charge in [-0.1, -0.05) is 12.2 Å². The molecule has 0 heterocycles. The van der Waals surface area contributed by atoms with Gasteiger partial charge in [-0.2, -0.15) is 12.6 Å². The van der Waals surface area contributed by atoms with Gasteiger partial charge in [0.15, 0.2) is 0 Å². The summed E-state index contributed by atoms with van der Waals surface area (Å²) in [5, 5.41) is 2.90. The zero-order valence-corrected chi connectivity index (χ0v) is 7.31. The van der Waals surface area contributed by atoms with E-state index in [4.69, 9.17) is 0 Å². The highest BCUT2D eigenvalue weighted by molar-refractivity contribution is 7.81. The van der Waals surface area contributed by atoms with E-state index >= 15 is 0 Å². The monoisotopic (exact) mass is 171 g/mol. The first kappa shape index (κ1) is 8.65. The van der Waals surface area contributed by atoms with Crippen molar-refractivity contribution in [2.45, 2.75) is 25.3 Å². The van der Waals surface area contributed by atoms with Gasteiger partial charge in [0.05, 0.1) is 5.75 Å². The van der Waals surface area contributed by atoms with E-state index in [9.17, 15) is 4.79 Å². The summed E-state index contributed by atoms with van der Waals surface area (Å²) in [6.07, 6.45) is 7.39. The maximum absolute atomic E-state index is 10.9. The molecule has 0 aliphatic heterocycles. The predicted octanol–water partition coefficient (Wildman–Crippen LogP) is 1.14. The Morgan fingerprint density at radius 3 is 3.00 bits per heavy atom. The summed E-state index contributed by atoms with van der Waals surface area (Å²) < 4.78 is 0. The highest BCUT2D eigenvalue weighted by Crippen LogP contribution is 2.09. The number of carbonyl (C=O) groups excluding carboxylic acids is 1. The van der Waals surface area contributed by atoms with E-state index < -0.39 is 0 Å². The molecule has 0 radical (unpaired) electrons. The molecule has 11 heavy (non-hydrogen) atoms. The van der Waals surface area contributed by atoms with Crippen molar-refractivity contribution in [2.75, 3.05) is 5.75 Å². The largest absolute Gasteiger partial charge is 0.352 e. The molecule has 62 valence electrons. The molecule has 1 rings (SSSR count). The molecule has 0 aromatic carbocycles. The van der Waals surface area contributed by atoms with Crippen molar-refractivity contribution in [3.63, 3.8) is 0 Å². The van der Waals surface area contributed by atoms with Crippen molar-refractivity contribution in [3.8, 4) is 0 Å². The van der Waals surface area contributed by atoms with E-state index in [1.807, 2.05) is 0 Å². The number of allylic oxidation sites excluding steroid dienone is 1. The van der Waals surface area contributed by atoms with E-state index in [0.717, 1.165) is 19.3 Å². The molecule has 0 spiro atoms. The Balaban J connectivity index is 2.26. The third-order valence-electron chi connectivity index (χ3n) is 1.78. The summed E-state index contributed by atoms with van der Waals surface area (Å²) in [5.74, 6) is 0.328. The number of amides is 1. The molecule has 1 aliphatic rings. The maximum Gasteiger partial charge on any atom is 0.229 e. The topological polar surface area (TPSA) is 29.1 Å². The van der Waals surface area contributed by atoms with Crippen LogP contribution in [0.15, 0.2) is 12.2 Å². The second kappa shape index (κ2) is 4.44. The van der Waals surface area contributed by atoms with Crippen molar-refractivity contribution in [1.29, 1.82) is 0 Å². The average Bonchev–Trinajstić information content (AvgIpc) is 2.06. The Labute approximate surface area is 72.5 Å². The minimum atomic E-state index is 0.0358. The van der Waals surface area contributed by atoms with Crippen LogP contribution in [0, 0.1) is 0 Å². The Kier molecular flexibility index (Phi) is 3.49. The molecule has 1 unspecified atom stereocenters. The summed E-state index contributed by atoms with van der Waals surface area (Å²) in [6.45, 7) is 0. The number of hydrogen-bond acceptors (Lipinski definition) is 2. The van der Waals surface area contributed by atoms with Gasteiger partial charge in [0.1, 0.15) is 0 Å². The Morgan fingerprint density at radius 1 is 1.64 bits per heavy atom. The Morgan fingerprint density at radius 2 is 2.45 bits per heavy atom. The van der Waals surface area contributed by atoms with E-state index in [0.29, 0.717) is 11.8 Å². The summed E-state index contributed by atoms with van der Waals surface area (Å²) >= 11 is 3.89. The fourth-order valence-electron chi connectivity index (χ4n) is 1.20. The van der Waals surface area contributed by atoms with Crippen LogP contribution < -0.4 is 5.32 Å². The molecule has 1 aliphatic carbocycles. The van der Waals surface area contributed by atoms with E-state index in [1.165, 1.54) is 0 Å². The van der Waals surface area contributed by atoms with Gasteiger partial charge in [-0.25, -0.2) is 0 Å². The van der Waals surface area contributed by atoms with Crippen LogP contribution in [0.5, 0.6) is 0 Å². The van der Waals surface area contributed by atoms with Crippen LogP contribution >= 0.6 is 12.6 Å². The number of carbonyl (C=O) groups is 1. The fraction of sp³-hybridized carbons (Fsp3) is 0.625. The van der Waals surface area contributed by atoms with Crippen molar-refractivity contribution < 1.29 is 4.79 Å². The maximum atomic E-state index is 10.9. The molecule has 2 nitrogen and oxygen atoms in total. The minimum Gasteiger partial charge on any atom is -0.352 e. The first-order valence-electron chi connectivity index (χ1n) is 3.88. The fourth-order valence-corrected chi connectivity index (χ4v) is 1.29. The summed E-state index contributed by atoms with van der Waals surface area (Å²) in [4.78, 5) is 10.9. The lowest BCUT2D eigenvalue weighted by atomic mass is 10.0. The van der Waals surface area contributed by atoms with Crippen LogP contribution in [-0.2, 0) is 4.79 Å². The van der Waals surface area contributed by atoms with Crippen molar-refractivity contribution in [3.05, 3.63) is 12.2 Å². The Hall–Kier alpha value is -0.440. The van der Waals surface area contributed by atoms with Gasteiger partial charge in [0, 0.05) is 6.04 Å². The predicted molar refractivity (Wildman–Crippen MR) is 48.8 cm³/mol. The highest BCUT2D eigenvalue weighted by Gasteiger charge is 2.10. The first-order chi connectivity index (χ1) is 5.33. The zero-order chi connectivity index (χ0) is 8.10. The molecule has 1 N–H and O–H groups in total. The highest BCUT2D eigenvalue weighted by atomic mass is 32.1. The van der Waals surface area contributed by atoms with Gasteiger partial charge in [0.25, 0.3) is 0 Å².